The summed E-state index contributed by atoms with van der Waals surface area (Å²) in [5.74, 6) is -1.59. The molecule has 0 fully saturated rings. The first-order valence-electron chi connectivity index (χ1n) is 6.38. The van der Waals surface area contributed by atoms with Crippen LogP contribution in [-0.2, 0) is 9.59 Å². The minimum absolute atomic E-state index is 0.0827. The number of hydrogen-bond acceptors (Lipinski definition) is 3. The highest BCUT2D eigenvalue weighted by atomic mass is 16.4. The van der Waals surface area contributed by atoms with Crippen molar-refractivity contribution in [1.82, 2.24) is 15.5 Å². The molecule has 0 aliphatic carbocycles. The lowest BCUT2D eigenvalue weighted by atomic mass is 10.1. The average molecular weight is 273 g/mol. The summed E-state index contributed by atoms with van der Waals surface area (Å²) in [5.41, 5.74) is 0. The van der Waals surface area contributed by atoms with E-state index >= 15 is 0 Å². The van der Waals surface area contributed by atoms with Crippen molar-refractivity contribution in [1.29, 1.82) is 0 Å². The van der Waals surface area contributed by atoms with Crippen LogP contribution in [0.15, 0.2) is 0 Å². The summed E-state index contributed by atoms with van der Waals surface area (Å²) < 4.78 is 0. The highest BCUT2D eigenvalue weighted by Gasteiger charge is 2.26. The topological polar surface area (TPSA) is 98.7 Å². The SMILES string of the molecule is CCNC(=O)CN(CC)C(=O)N[C@@H](C(=O)O)C(C)C. The molecule has 3 N–H and O–H groups in total. The normalized spacial score (nSPS) is 11.8. The molecule has 0 aromatic rings. The number of hydrogen-bond donors (Lipinski definition) is 3. The van der Waals surface area contributed by atoms with Crippen LogP contribution in [0.4, 0.5) is 4.79 Å². The zero-order chi connectivity index (χ0) is 15.0. The molecule has 0 saturated heterocycles. The fraction of sp³-hybridized carbons (Fsp3) is 0.750. The minimum Gasteiger partial charge on any atom is -0.480 e. The Hall–Kier alpha value is -1.79. The van der Waals surface area contributed by atoms with Crippen LogP contribution in [0.3, 0.4) is 0 Å². The Bertz CT molecular complexity index is 331. The number of nitrogens with zero attached hydrogens (tertiary/aromatic N) is 1. The molecule has 7 heteroatoms. The van der Waals surface area contributed by atoms with Gasteiger partial charge >= 0.3 is 12.0 Å². The molecule has 0 heterocycles. The predicted octanol–water partition coefficient (Wildman–Crippen LogP) is 0.263. The van der Waals surface area contributed by atoms with Crippen LogP contribution in [0.5, 0.6) is 0 Å². The van der Waals surface area contributed by atoms with Gasteiger partial charge in [-0.2, -0.15) is 0 Å². The number of likely N-dealkylation sites (N-methyl/N-ethyl adjacent to an activating group) is 2. The van der Waals surface area contributed by atoms with E-state index in [9.17, 15) is 14.4 Å². The molecule has 1 atom stereocenters. The molecule has 0 aromatic heterocycles. The number of urea groups is 1. The summed E-state index contributed by atoms with van der Waals surface area (Å²) in [7, 11) is 0. The van der Waals surface area contributed by atoms with Crippen molar-refractivity contribution in [2.75, 3.05) is 19.6 Å². The smallest absolute Gasteiger partial charge is 0.326 e. The van der Waals surface area contributed by atoms with Crippen LogP contribution in [0.1, 0.15) is 27.7 Å². The van der Waals surface area contributed by atoms with Gasteiger partial charge in [0.05, 0.1) is 0 Å². The lowest BCUT2D eigenvalue weighted by molar-refractivity contribution is -0.140. The van der Waals surface area contributed by atoms with Crippen molar-refractivity contribution < 1.29 is 19.5 Å². The predicted molar refractivity (Wildman–Crippen MR) is 70.7 cm³/mol. The Balaban J connectivity index is 4.58. The van der Waals surface area contributed by atoms with Gasteiger partial charge in [-0.1, -0.05) is 13.8 Å². The number of carbonyl (C=O) groups excluding carboxylic acids is 2. The van der Waals surface area contributed by atoms with Crippen molar-refractivity contribution in [2.24, 2.45) is 5.92 Å². The largest absolute Gasteiger partial charge is 0.480 e. The Morgan fingerprint density at radius 1 is 1.21 bits per heavy atom. The van der Waals surface area contributed by atoms with E-state index in [2.05, 4.69) is 10.6 Å². The van der Waals surface area contributed by atoms with E-state index in [1.54, 1.807) is 27.7 Å². The summed E-state index contributed by atoms with van der Waals surface area (Å²) in [6.07, 6.45) is 0. The van der Waals surface area contributed by atoms with Gasteiger partial charge in [-0.25, -0.2) is 9.59 Å². The van der Waals surface area contributed by atoms with E-state index in [1.165, 1.54) is 4.90 Å². The fourth-order valence-electron chi connectivity index (χ4n) is 1.49. The standard InChI is InChI=1S/C12H23N3O4/c1-5-13-9(16)7-15(6-2)12(19)14-10(8(3)4)11(17)18/h8,10H,5-7H2,1-4H3,(H,13,16)(H,14,19)(H,17,18)/t10-/m1/s1. The molecule has 0 aliphatic rings. The lowest BCUT2D eigenvalue weighted by Crippen LogP contribution is -2.52. The molecule has 0 radical (unpaired) electrons. The molecular weight excluding hydrogens is 250 g/mol. The van der Waals surface area contributed by atoms with Crippen LogP contribution in [-0.4, -0.2) is 53.6 Å². The maximum atomic E-state index is 11.9. The minimum atomic E-state index is -1.09. The number of rotatable bonds is 7. The summed E-state index contributed by atoms with van der Waals surface area (Å²) in [6, 6.07) is -1.51. The molecule has 110 valence electrons. The fourth-order valence-corrected chi connectivity index (χ4v) is 1.49. The molecule has 3 amide bonds. The van der Waals surface area contributed by atoms with Gasteiger partial charge in [-0.3, -0.25) is 4.79 Å². The van der Waals surface area contributed by atoms with E-state index < -0.39 is 18.0 Å². The van der Waals surface area contributed by atoms with Crippen molar-refractivity contribution in [2.45, 2.75) is 33.7 Å². The lowest BCUT2D eigenvalue weighted by Gasteiger charge is -2.25. The summed E-state index contributed by atoms with van der Waals surface area (Å²) in [5, 5.41) is 14.0. The number of carboxylic acids is 1. The highest BCUT2D eigenvalue weighted by Crippen LogP contribution is 2.03. The first-order chi connectivity index (χ1) is 8.83. The van der Waals surface area contributed by atoms with Gasteiger partial charge in [0.1, 0.15) is 12.6 Å². The molecule has 0 rings (SSSR count). The molecule has 0 aliphatic heterocycles. The molecule has 7 nitrogen and oxygen atoms in total. The Morgan fingerprint density at radius 3 is 2.16 bits per heavy atom. The second kappa shape index (κ2) is 8.34. The number of carbonyl (C=O) groups is 3. The zero-order valence-corrected chi connectivity index (χ0v) is 11.9. The summed E-state index contributed by atoms with van der Waals surface area (Å²) in [4.78, 5) is 35.6. The molecule has 0 spiro atoms. The van der Waals surface area contributed by atoms with Gasteiger partial charge in [0, 0.05) is 13.1 Å². The molecule has 0 bridgehead atoms. The van der Waals surface area contributed by atoms with Crippen LogP contribution in [0.2, 0.25) is 0 Å². The third kappa shape index (κ3) is 6.08. The van der Waals surface area contributed by atoms with E-state index in [-0.39, 0.29) is 18.4 Å². The van der Waals surface area contributed by atoms with Gasteiger partial charge in [-0.05, 0) is 19.8 Å². The quantitative estimate of drug-likeness (QED) is 0.619. The molecule has 0 saturated carbocycles. The van der Waals surface area contributed by atoms with Crippen LogP contribution >= 0.6 is 0 Å². The maximum absolute atomic E-state index is 11.9. The number of amides is 3. The van der Waals surface area contributed by atoms with Crippen LogP contribution in [0, 0.1) is 5.92 Å². The van der Waals surface area contributed by atoms with Gasteiger partial charge in [0.2, 0.25) is 5.91 Å². The van der Waals surface area contributed by atoms with Gasteiger partial charge in [0.15, 0.2) is 0 Å². The number of nitrogens with one attached hydrogen (secondary N) is 2. The third-order valence-electron chi connectivity index (χ3n) is 2.59. The van der Waals surface area contributed by atoms with Crippen LogP contribution in [0.25, 0.3) is 0 Å². The Labute approximate surface area is 113 Å². The maximum Gasteiger partial charge on any atom is 0.326 e. The van der Waals surface area contributed by atoms with E-state index in [0.29, 0.717) is 13.1 Å². The number of carboxylic acid groups (broad SMARTS) is 1. The van der Waals surface area contributed by atoms with Gasteiger partial charge < -0.3 is 20.6 Å². The Kier molecular flexibility index (Phi) is 7.55. The molecular formula is C12H23N3O4. The zero-order valence-electron chi connectivity index (χ0n) is 11.9. The van der Waals surface area contributed by atoms with Crippen molar-refractivity contribution in [3.63, 3.8) is 0 Å². The van der Waals surface area contributed by atoms with Crippen LogP contribution < -0.4 is 10.6 Å². The third-order valence-corrected chi connectivity index (χ3v) is 2.59. The van der Waals surface area contributed by atoms with E-state index in [1.807, 2.05) is 0 Å². The van der Waals surface area contributed by atoms with Gasteiger partial charge in [0.25, 0.3) is 0 Å². The average Bonchev–Trinajstić information content (AvgIpc) is 2.32. The number of aliphatic carboxylic acids is 1. The van der Waals surface area contributed by atoms with Crippen molar-refractivity contribution >= 4 is 17.9 Å². The second-order valence-electron chi connectivity index (χ2n) is 4.48. The Morgan fingerprint density at radius 2 is 1.79 bits per heavy atom. The van der Waals surface area contributed by atoms with Gasteiger partial charge in [-0.15, -0.1) is 0 Å². The second-order valence-corrected chi connectivity index (χ2v) is 4.48. The van der Waals surface area contributed by atoms with E-state index in [0.717, 1.165) is 0 Å². The molecule has 19 heavy (non-hydrogen) atoms. The summed E-state index contributed by atoms with van der Waals surface area (Å²) >= 11 is 0. The van der Waals surface area contributed by atoms with Crippen molar-refractivity contribution in [3.05, 3.63) is 0 Å². The van der Waals surface area contributed by atoms with E-state index in [4.69, 9.17) is 5.11 Å². The summed E-state index contributed by atoms with van der Waals surface area (Å²) in [6.45, 7) is 7.66. The first-order valence-corrected chi connectivity index (χ1v) is 6.38. The molecule has 0 aromatic carbocycles. The highest BCUT2D eigenvalue weighted by molar-refractivity contribution is 5.86. The first kappa shape index (κ1) is 17.2. The molecule has 0 unspecified atom stereocenters. The van der Waals surface area contributed by atoms with Crippen molar-refractivity contribution in [3.8, 4) is 0 Å². The monoisotopic (exact) mass is 273 g/mol.